The van der Waals surface area contributed by atoms with Crippen LogP contribution in [0.4, 0.5) is 0 Å². The molecule has 1 N–H and O–H groups in total. The van der Waals surface area contributed by atoms with Crippen molar-refractivity contribution in [1.82, 2.24) is 4.72 Å². The number of thiophene rings is 1. The molecule has 0 saturated heterocycles. The Labute approximate surface area is 137 Å². The van der Waals surface area contributed by atoms with Gasteiger partial charge in [0.2, 0.25) is 0 Å². The summed E-state index contributed by atoms with van der Waals surface area (Å²) >= 11 is 4.48. The number of methoxy groups -OCH3 is 1. The molecule has 2 aromatic rings. The summed E-state index contributed by atoms with van der Waals surface area (Å²) in [6.45, 7) is 1.95. The van der Waals surface area contributed by atoms with Gasteiger partial charge >= 0.3 is 0 Å². The van der Waals surface area contributed by atoms with Gasteiger partial charge in [-0.05, 0) is 52.2 Å². The number of sulfonamides is 1. The Morgan fingerprint density at radius 3 is 2.38 bits per heavy atom. The Bertz CT molecular complexity index is 695. The highest BCUT2D eigenvalue weighted by Gasteiger charge is 2.21. The lowest BCUT2D eigenvalue weighted by Crippen LogP contribution is -2.27. The van der Waals surface area contributed by atoms with E-state index in [1.54, 1.807) is 19.2 Å². The Morgan fingerprint density at radius 2 is 1.90 bits per heavy atom. The number of ether oxygens (including phenoxy) is 1. The molecule has 21 heavy (non-hydrogen) atoms. The summed E-state index contributed by atoms with van der Waals surface area (Å²) in [5, 5.41) is 0. The maximum atomic E-state index is 12.4. The first kappa shape index (κ1) is 16.5. The van der Waals surface area contributed by atoms with Crippen molar-refractivity contribution in [2.45, 2.75) is 23.6 Å². The topological polar surface area (TPSA) is 55.4 Å². The summed E-state index contributed by atoms with van der Waals surface area (Å²) < 4.78 is 33.7. The van der Waals surface area contributed by atoms with Crippen molar-refractivity contribution >= 4 is 37.3 Å². The number of nitrogens with one attached hydrogen (secondary N) is 1. The molecule has 0 aliphatic heterocycles. The minimum atomic E-state index is -3.51. The summed E-state index contributed by atoms with van der Waals surface area (Å²) in [5.41, 5.74) is 0.914. The molecular formula is C14H16BrNO3S2. The van der Waals surface area contributed by atoms with Crippen molar-refractivity contribution in [3.63, 3.8) is 0 Å². The lowest BCUT2D eigenvalue weighted by Gasteiger charge is -2.17. The molecular weight excluding hydrogens is 374 g/mol. The van der Waals surface area contributed by atoms with Crippen LogP contribution < -0.4 is 9.46 Å². The van der Waals surface area contributed by atoms with Crippen molar-refractivity contribution in [2.75, 3.05) is 7.11 Å². The van der Waals surface area contributed by atoms with Gasteiger partial charge in [-0.25, -0.2) is 13.1 Å². The number of hydrogen-bond donors (Lipinski definition) is 1. The number of benzene rings is 1. The summed E-state index contributed by atoms with van der Waals surface area (Å²) in [7, 11) is -1.91. The minimum Gasteiger partial charge on any atom is -0.497 e. The maximum Gasteiger partial charge on any atom is 0.250 e. The average Bonchev–Trinajstić information content (AvgIpc) is 2.92. The minimum absolute atomic E-state index is 0.262. The van der Waals surface area contributed by atoms with E-state index in [-0.39, 0.29) is 6.04 Å². The van der Waals surface area contributed by atoms with Crippen molar-refractivity contribution in [3.8, 4) is 5.75 Å². The van der Waals surface area contributed by atoms with Gasteiger partial charge in [0.05, 0.1) is 10.9 Å². The van der Waals surface area contributed by atoms with Gasteiger partial charge in [0.1, 0.15) is 9.96 Å². The van der Waals surface area contributed by atoms with Crippen LogP contribution in [0.5, 0.6) is 5.75 Å². The fraction of sp³-hybridized carbons (Fsp3) is 0.286. The zero-order valence-corrected chi connectivity index (χ0v) is 14.9. The molecule has 0 radical (unpaired) electrons. The third kappa shape index (κ3) is 4.06. The Morgan fingerprint density at radius 1 is 1.24 bits per heavy atom. The first-order valence-electron chi connectivity index (χ1n) is 6.38. The summed E-state index contributed by atoms with van der Waals surface area (Å²) in [5.74, 6) is 0.749. The Kier molecular flexibility index (Phi) is 5.43. The molecule has 0 unspecified atom stereocenters. The average molecular weight is 390 g/mol. The first-order chi connectivity index (χ1) is 9.96. The maximum absolute atomic E-state index is 12.4. The molecule has 1 aromatic heterocycles. The molecule has 0 bridgehead atoms. The molecule has 0 aliphatic carbocycles. The van der Waals surface area contributed by atoms with E-state index in [1.807, 2.05) is 31.2 Å². The molecule has 7 heteroatoms. The SMILES string of the molecule is CC[C@H](NS(=O)(=O)c1ccc(Br)s1)c1ccc(OC)cc1. The highest BCUT2D eigenvalue weighted by molar-refractivity contribution is 9.11. The van der Waals surface area contributed by atoms with E-state index in [4.69, 9.17) is 4.74 Å². The van der Waals surface area contributed by atoms with Gasteiger partial charge < -0.3 is 4.74 Å². The van der Waals surface area contributed by atoms with Crippen LogP contribution >= 0.6 is 27.3 Å². The number of rotatable bonds is 6. The molecule has 0 fully saturated rings. The third-order valence-electron chi connectivity index (χ3n) is 3.04. The smallest absolute Gasteiger partial charge is 0.250 e. The zero-order valence-electron chi connectivity index (χ0n) is 11.7. The van der Waals surface area contributed by atoms with Gasteiger partial charge in [-0.1, -0.05) is 19.1 Å². The van der Waals surface area contributed by atoms with Crippen molar-refractivity contribution in [2.24, 2.45) is 0 Å². The Balaban J connectivity index is 2.21. The fourth-order valence-electron chi connectivity index (χ4n) is 1.91. The molecule has 0 saturated carbocycles. The van der Waals surface area contributed by atoms with Crippen molar-refractivity contribution in [3.05, 3.63) is 45.7 Å². The van der Waals surface area contributed by atoms with E-state index in [1.165, 1.54) is 11.3 Å². The van der Waals surface area contributed by atoms with Crippen LogP contribution in [0.25, 0.3) is 0 Å². The van der Waals surface area contributed by atoms with Crippen LogP contribution in [-0.2, 0) is 10.0 Å². The lowest BCUT2D eigenvalue weighted by atomic mass is 10.1. The van der Waals surface area contributed by atoms with Gasteiger partial charge in [0.15, 0.2) is 0 Å². The van der Waals surface area contributed by atoms with Crippen LogP contribution in [0.3, 0.4) is 0 Å². The van der Waals surface area contributed by atoms with E-state index in [9.17, 15) is 8.42 Å². The zero-order chi connectivity index (χ0) is 15.5. The molecule has 0 aliphatic rings. The van der Waals surface area contributed by atoms with Gasteiger partial charge in [-0.15, -0.1) is 11.3 Å². The van der Waals surface area contributed by atoms with Crippen molar-refractivity contribution in [1.29, 1.82) is 0 Å². The molecule has 1 aromatic carbocycles. The normalized spacial score (nSPS) is 13.1. The van der Waals surface area contributed by atoms with E-state index in [0.29, 0.717) is 10.6 Å². The van der Waals surface area contributed by atoms with E-state index in [0.717, 1.165) is 15.1 Å². The Hall–Kier alpha value is -0.890. The molecule has 0 amide bonds. The molecule has 0 spiro atoms. The van der Waals surface area contributed by atoms with Crippen LogP contribution in [-0.4, -0.2) is 15.5 Å². The van der Waals surface area contributed by atoms with E-state index in [2.05, 4.69) is 20.7 Å². The third-order valence-corrected chi connectivity index (χ3v) is 6.62. The summed E-state index contributed by atoms with van der Waals surface area (Å²) in [6.07, 6.45) is 0.665. The van der Waals surface area contributed by atoms with Crippen LogP contribution in [0.2, 0.25) is 0 Å². The second-order valence-electron chi connectivity index (χ2n) is 4.41. The largest absolute Gasteiger partial charge is 0.497 e. The van der Waals surface area contributed by atoms with Gasteiger partial charge in [-0.3, -0.25) is 0 Å². The molecule has 4 nitrogen and oxygen atoms in total. The van der Waals surface area contributed by atoms with E-state index >= 15 is 0 Å². The molecule has 114 valence electrons. The van der Waals surface area contributed by atoms with Gasteiger partial charge in [0, 0.05) is 6.04 Å². The summed E-state index contributed by atoms with van der Waals surface area (Å²) in [4.78, 5) is 0. The monoisotopic (exact) mass is 389 g/mol. The summed E-state index contributed by atoms with van der Waals surface area (Å²) in [6, 6.07) is 10.5. The fourth-order valence-corrected chi connectivity index (χ4v) is 5.25. The van der Waals surface area contributed by atoms with Gasteiger partial charge in [-0.2, -0.15) is 0 Å². The predicted octanol–water partition coefficient (Wildman–Crippen LogP) is 3.95. The lowest BCUT2D eigenvalue weighted by molar-refractivity contribution is 0.414. The number of halogens is 1. The number of hydrogen-bond acceptors (Lipinski definition) is 4. The van der Waals surface area contributed by atoms with Crippen molar-refractivity contribution < 1.29 is 13.2 Å². The van der Waals surface area contributed by atoms with Crippen LogP contribution in [0.1, 0.15) is 24.9 Å². The first-order valence-corrected chi connectivity index (χ1v) is 9.47. The standard InChI is InChI=1S/C14H16BrNO3S2/c1-3-12(10-4-6-11(19-2)7-5-10)16-21(17,18)14-9-8-13(15)20-14/h4-9,12,16H,3H2,1-2H3/t12-/m0/s1. The van der Waals surface area contributed by atoms with Crippen LogP contribution in [0, 0.1) is 0 Å². The molecule has 1 heterocycles. The second kappa shape index (κ2) is 6.91. The van der Waals surface area contributed by atoms with E-state index < -0.39 is 10.0 Å². The highest BCUT2D eigenvalue weighted by atomic mass is 79.9. The molecule has 1 atom stereocenters. The van der Waals surface area contributed by atoms with Crippen LogP contribution in [0.15, 0.2) is 44.4 Å². The van der Waals surface area contributed by atoms with Gasteiger partial charge in [0.25, 0.3) is 10.0 Å². The highest BCUT2D eigenvalue weighted by Crippen LogP contribution is 2.28. The quantitative estimate of drug-likeness (QED) is 0.813. The molecule has 2 rings (SSSR count). The predicted molar refractivity (Wildman–Crippen MR) is 88.4 cm³/mol. The second-order valence-corrected chi connectivity index (χ2v) is 8.82.